The van der Waals surface area contributed by atoms with E-state index in [-0.39, 0.29) is 56.1 Å². The summed E-state index contributed by atoms with van der Waals surface area (Å²) in [6, 6.07) is 8.10. The van der Waals surface area contributed by atoms with E-state index in [9.17, 15) is 19.2 Å². The Bertz CT molecular complexity index is 1260. The summed E-state index contributed by atoms with van der Waals surface area (Å²) in [7, 11) is 0. The van der Waals surface area contributed by atoms with E-state index in [4.69, 9.17) is 24.7 Å². The Morgan fingerprint density at radius 3 is 2.65 bits per heavy atom. The fraction of sp³-hybridized carbons (Fsp3) is 0.391. The average Bonchev–Trinajstić information content (AvgIpc) is 3.28. The molecule has 198 valence electrons. The molecule has 4 N–H and O–H groups in total. The van der Waals surface area contributed by atoms with Gasteiger partial charge in [-0.2, -0.15) is 4.98 Å². The number of benzene rings is 1. The molecular formula is C23H28N6O8. The molecule has 0 fully saturated rings. The molecule has 0 saturated heterocycles. The zero-order valence-corrected chi connectivity index (χ0v) is 20.3. The van der Waals surface area contributed by atoms with Crippen molar-refractivity contribution in [1.29, 1.82) is 0 Å². The van der Waals surface area contributed by atoms with Gasteiger partial charge in [-0.15, -0.1) is 0 Å². The van der Waals surface area contributed by atoms with Gasteiger partial charge in [0, 0.05) is 0 Å². The second-order valence-corrected chi connectivity index (χ2v) is 8.24. The van der Waals surface area contributed by atoms with Gasteiger partial charge in [-0.25, -0.2) is 14.6 Å². The van der Waals surface area contributed by atoms with Crippen LogP contribution in [0.3, 0.4) is 0 Å². The summed E-state index contributed by atoms with van der Waals surface area (Å²) in [6.07, 6.45) is -0.315. The van der Waals surface area contributed by atoms with E-state index in [0.717, 1.165) is 5.56 Å². The molecule has 0 aliphatic rings. The van der Waals surface area contributed by atoms with Crippen LogP contribution in [0.15, 0.2) is 41.5 Å². The number of aromatic amines is 1. The Balaban J connectivity index is 1.56. The minimum atomic E-state index is -0.993. The molecular weight excluding hydrogens is 488 g/mol. The van der Waals surface area contributed by atoms with Gasteiger partial charge in [-0.3, -0.25) is 19.1 Å². The van der Waals surface area contributed by atoms with Crippen LogP contribution in [0, 0.1) is 5.92 Å². The Morgan fingerprint density at radius 1 is 1.19 bits per heavy atom. The zero-order valence-electron chi connectivity index (χ0n) is 20.3. The molecule has 0 saturated carbocycles. The summed E-state index contributed by atoms with van der Waals surface area (Å²) in [5.74, 6) is -1.13. The van der Waals surface area contributed by atoms with Crippen molar-refractivity contribution in [3.63, 3.8) is 0 Å². The van der Waals surface area contributed by atoms with Gasteiger partial charge < -0.3 is 30.0 Å². The van der Waals surface area contributed by atoms with Gasteiger partial charge in [0.1, 0.15) is 38.7 Å². The minimum Gasteiger partial charge on any atom is -0.465 e. The first-order valence-corrected chi connectivity index (χ1v) is 11.3. The van der Waals surface area contributed by atoms with Crippen molar-refractivity contribution in [2.45, 2.75) is 39.3 Å². The number of nitrogens with one attached hydrogen (secondary N) is 2. The molecule has 0 aliphatic heterocycles. The van der Waals surface area contributed by atoms with Crippen LogP contribution in [0.4, 0.5) is 10.7 Å². The molecule has 14 heteroatoms. The number of rotatable bonds is 13. The van der Waals surface area contributed by atoms with Crippen molar-refractivity contribution in [2.24, 2.45) is 5.92 Å². The maximum atomic E-state index is 12.7. The number of nitrogens with zero attached hydrogens (tertiary/aromatic N) is 3. The molecule has 37 heavy (non-hydrogen) atoms. The quantitative estimate of drug-likeness (QED) is 0.165. The highest BCUT2D eigenvalue weighted by atomic mass is 16.6. The van der Waals surface area contributed by atoms with Crippen molar-refractivity contribution in [3.05, 3.63) is 52.6 Å². The van der Waals surface area contributed by atoms with E-state index in [2.05, 4.69) is 20.3 Å². The van der Waals surface area contributed by atoms with Gasteiger partial charge in [0.15, 0.2) is 11.2 Å². The number of amides is 1. The Hall–Kier alpha value is -4.46. The van der Waals surface area contributed by atoms with E-state index in [1.165, 1.54) is 10.9 Å². The molecule has 1 aromatic carbocycles. The lowest BCUT2D eigenvalue weighted by Crippen LogP contribution is -2.46. The van der Waals surface area contributed by atoms with Crippen LogP contribution in [-0.2, 0) is 41.9 Å². The lowest BCUT2D eigenvalue weighted by atomic mass is 10.1. The van der Waals surface area contributed by atoms with E-state index in [1.807, 2.05) is 18.2 Å². The first-order valence-electron chi connectivity index (χ1n) is 11.3. The first-order chi connectivity index (χ1) is 17.8. The number of hydrogen-bond donors (Lipinski definition) is 3. The summed E-state index contributed by atoms with van der Waals surface area (Å²) in [5.41, 5.74) is 6.13. The number of carbonyl (C=O) groups is 3. The fourth-order valence-corrected chi connectivity index (χ4v) is 3.20. The highest BCUT2D eigenvalue weighted by molar-refractivity contribution is 5.81. The molecule has 3 rings (SSSR count). The second kappa shape index (κ2) is 13.0. The number of hydrogen-bond acceptors (Lipinski definition) is 11. The monoisotopic (exact) mass is 516 g/mol. The molecule has 0 aliphatic carbocycles. The minimum absolute atomic E-state index is 0.0425. The second-order valence-electron chi connectivity index (χ2n) is 8.24. The highest BCUT2D eigenvalue weighted by Crippen LogP contribution is 2.10. The summed E-state index contributed by atoms with van der Waals surface area (Å²) in [5, 5.41) is 2.51. The van der Waals surface area contributed by atoms with Crippen LogP contribution in [0.1, 0.15) is 19.4 Å². The topological polar surface area (TPSA) is 190 Å². The third kappa shape index (κ3) is 7.76. The lowest BCUT2D eigenvalue weighted by Gasteiger charge is -2.22. The molecule has 3 aromatic rings. The van der Waals surface area contributed by atoms with E-state index in [1.54, 1.807) is 26.0 Å². The van der Waals surface area contributed by atoms with Crippen LogP contribution < -0.4 is 16.6 Å². The number of imidazole rings is 1. The van der Waals surface area contributed by atoms with Crippen LogP contribution in [0.5, 0.6) is 0 Å². The van der Waals surface area contributed by atoms with Gasteiger partial charge in [0.2, 0.25) is 5.95 Å². The normalized spacial score (nSPS) is 12.6. The van der Waals surface area contributed by atoms with E-state index in [0.29, 0.717) is 0 Å². The van der Waals surface area contributed by atoms with Crippen LogP contribution in [-0.4, -0.2) is 63.4 Å². The van der Waals surface area contributed by atoms with E-state index < -0.39 is 29.8 Å². The standard InChI is InChI=1S/C23H28N6O8/c1-14(2)17(26-23(33)36-8-15-6-4-3-5-7-15)21(32)35-10-16(9-34-13-30)37-12-29-11-25-18-19(29)27-22(24)28-20(18)31/h3-7,11,13-14,16-17H,8-10,12H2,1-2H3,(H,26,33)(H3,24,27,28,31)/t16?,17-/m0/s1. The molecule has 14 nitrogen and oxygen atoms in total. The smallest absolute Gasteiger partial charge is 0.408 e. The molecule has 2 aromatic heterocycles. The molecule has 0 spiro atoms. The van der Waals surface area contributed by atoms with Gasteiger partial charge >= 0.3 is 12.1 Å². The average molecular weight is 517 g/mol. The number of nitrogens with two attached hydrogens (primary N) is 1. The number of anilines is 1. The lowest BCUT2D eigenvalue weighted by molar-refractivity contribution is -0.156. The number of carbonyl (C=O) groups excluding carboxylic acids is 3. The van der Waals surface area contributed by atoms with E-state index >= 15 is 0 Å². The van der Waals surface area contributed by atoms with Gasteiger partial charge in [0.25, 0.3) is 12.0 Å². The summed E-state index contributed by atoms with van der Waals surface area (Å²) in [4.78, 5) is 57.9. The number of fused-ring (bicyclic) bond motifs is 1. The number of aromatic nitrogens is 4. The number of alkyl carbamates (subject to hydrolysis) is 1. The van der Waals surface area contributed by atoms with Gasteiger partial charge in [-0.05, 0) is 11.5 Å². The van der Waals surface area contributed by atoms with Crippen LogP contribution in [0.25, 0.3) is 11.2 Å². The SMILES string of the molecule is CC(C)[C@H](NC(=O)OCc1ccccc1)C(=O)OCC(COC=O)OCn1cnc2c(=O)[nH]c(N)nc21. The Labute approximate surface area is 211 Å². The predicted octanol–water partition coefficient (Wildman–Crippen LogP) is 0.712. The third-order valence-corrected chi connectivity index (χ3v) is 5.11. The van der Waals surface area contributed by atoms with Crippen LogP contribution >= 0.6 is 0 Å². The third-order valence-electron chi connectivity index (χ3n) is 5.11. The highest BCUT2D eigenvalue weighted by Gasteiger charge is 2.27. The number of ether oxygens (including phenoxy) is 4. The number of esters is 1. The van der Waals surface area contributed by atoms with Crippen molar-refractivity contribution in [2.75, 3.05) is 18.9 Å². The molecule has 0 bridgehead atoms. The Kier molecular flexibility index (Phi) is 9.55. The molecule has 2 atom stereocenters. The number of H-pyrrole nitrogens is 1. The summed E-state index contributed by atoms with van der Waals surface area (Å²) < 4.78 is 22.4. The van der Waals surface area contributed by atoms with Crippen LogP contribution in [0.2, 0.25) is 0 Å². The largest absolute Gasteiger partial charge is 0.465 e. The molecule has 1 amide bonds. The number of nitrogen functional groups attached to an aromatic ring is 1. The molecule has 0 radical (unpaired) electrons. The van der Waals surface area contributed by atoms with Crippen molar-refractivity contribution in [1.82, 2.24) is 24.8 Å². The maximum absolute atomic E-state index is 12.7. The van der Waals surface area contributed by atoms with Gasteiger partial charge in [0.05, 0.1) is 6.33 Å². The maximum Gasteiger partial charge on any atom is 0.408 e. The Morgan fingerprint density at radius 2 is 1.95 bits per heavy atom. The zero-order chi connectivity index (χ0) is 26.8. The summed E-state index contributed by atoms with van der Waals surface area (Å²) in [6.45, 7) is 3.07. The van der Waals surface area contributed by atoms with Gasteiger partial charge in [-0.1, -0.05) is 44.2 Å². The molecule has 1 unspecified atom stereocenters. The van der Waals surface area contributed by atoms with Crippen molar-refractivity contribution >= 4 is 35.6 Å². The fourth-order valence-electron chi connectivity index (χ4n) is 3.20. The van der Waals surface area contributed by atoms with Crippen molar-refractivity contribution < 1.29 is 33.3 Å². The van der Waals surface area contributed by atoms with Crippen molar-refractivity contribution in [3.8, 4) is 0 Å². The predicted molar refractivity (Wildman–Crippen MR) is 129 cm³/mol. The molecule has 2 heterocycles. The summed E-state index contributed by atoms with van der Waals surface area (Å²) >= 11 is 0. The first kappa shape index (κ1) is 27.1.